The predicted octanol–water partition coefficient (Wildman–Crippen LogP) is 9.82. The molecule has 0 unspecified atom stereocenters. The van der Waals surface area contributed by atoms with E-state index in [-0.39, 0.29) is 33.6 Å². The maximum atomic E-state index is 10.1. The fourth-order valence-electron chi connectivity index (χ4n) is 3.16. The number of phenols is 2. The van der Waals surface area contributed by atoms with E-state index in [0.29, 0.717) is 21.2 Å². The molecule has 2 aromatic carbocycles. The summed E-state index contributed by atoms with van der Waals surface area (Å²) in [6, 6.07) is 6.06. The molecule has 17 heteroatoms. The van der Waals surface area contributed by atoms with Crippen LogP contribution in [0.3, 0.4) is 0 Å². The van der Waals surface area contributed by atoms with E-state index in [1.165, 1.54) is 28.4 Å². The van der Waals surface area contributed by atoms with Gasteiger partial charge in [-0.3, -0.25) is 9.98 Å². The van der Waals surface area contributed by atoms with Crippen LogP contribution in [-0.4, -0.2) is 34.7 Å². The molecule has 1 fully saturated rings. The van der Waals surface area contributed by atoms with Gasteiger partial charge in [-0.15, -0.1) is 0 Å². The number of benzene rings is 2. The molecule has 0 saturated heterocycles. The van der Waals surface area contributed by atoms with Crippen LogP contribution in [0.2, 0.25) is 20.1 Å². The first kappa shape index (κ1) is 33.9. The van der Waals surface area contributed by atoms with E-state index >= 15 is 0 Å². The summed E-state index contributed by atoms with van der Waals surface area (Å²) in [6.45, 7) is 0. The Hall–Kier alpha value is -1.12. The molecule has 0 aliphatic heterocycles. The summed E-state index contributed by atoms with van der Waals surface area (Å²) in [5.74, 6) is -0.103. The fourth-order valence-corrected chi connectivity index (χ4v) is 4.18. The predicted molar refractivity (Wildman–Crippen MR) is 132 cm³/mol. The molecule has 0 heterocycles. The topological polar surface area (TPSA) is 82.2 Å². The Morgan fingerprint density at radius 3 is 1.32 bits per heavy atom. The van der Waals surface area contributed by atoms with E-state index in [9.17, 15) is 35.4 Å². The molecule has 1 aliphatic carbocycles. The van der Waals surface area contributed by atoms with Gasteiger partial charge in [-0.2, -0.15) is 0 Å². The number of rotatable bonds is 4. The molecule has 3 rings (SSSR count). The van der Waals surface area contributed by atoms with Crippen LogP contribution in [0, 0.1) is 0 Å². The van der Waals surface area contributed by atoms with E-state index in [4.69, 9.17) is 50.2 Å². The Bertz CT molecular complexity index is 1090. The van der Waals surface area contributed by atoms with Gasteiger partial charge in [-0.25, -0.2) is 0 Å². The summed E-state index contributed by atoms with van der Waals surface area (Å²) >= 11 is 25.3. The number of halogens is 10. The van der Waals surface area contributed by atoms with Crippen molar-refractivity contribution in [2.24, 2.45) is 9.98 Å². The molecule has 1 saturated carbocycles. The van der Waals surface area contributed by atoms with Crippen molar-refractivity contribution in [3.8, 4) is 11.5 Å². The van der Waals surface area contributed by atoms with Gasteiger partial charge >= 0.3 is 53.0 Å². The molecule has 5 nitrogen and oxygen atoms in total. The Balaban J connectivity index is 0.000000659. The van der Waals surface area contributed by atoms with Gasteiger partial charge < -0.3 is 10.2 Å². The summed E-state index contributed by atoms with van der Waals surface area (Å²) in [5, 5.41) is 21.4. The van der Waals surface area contributed by atoms with Gasteiger partial charge in [0.15, 0.2) is 0 Å². The first-order valence-corrected chi connectivity index (χ1v) is 14.0. The van der Waals surface area contributed by atoms with Gasteiger partial charge in [-0.1, -0.05) is 59.2 Å². The number of hydrogen-bond donors (Lipinski definition) is 2. The maximum absolute atomic E-state index is 10.7. The molecule has 1 aliphatic rings. The first-order chi connectivity index (χ1) is 16.8. The second kappa shape index (κ2) is 12.8. The van der Waals surface area contributed by atoms with Crippen molar-refractivity contribution >= 4 is 66.6 Å². The number of aromatic hydroxyl groups is 2. The van der Waals surface area contributed by atoms with Gasteiger partial charge in [0.25, 0.3) is 0 Å². The minimum atomic E-state index is -10.7. The Morgan fingerprint density at radius 1 is 0.730 bits per heavy atom. The zero-order valence-electron chi connectivity index (χ0n) is 18.3. The first-order valence-electron chi connectivity index (χ1n) is 9.95. The number of nitrogens with zero attached hydrogens (tertiary/aromatic N) is 2. The molecular weight excluding hydrogens is 655 g/mol. The molecule has 2 aromatic rings. The Kier molecular flexibility index (Phi) is 11.8. The molecular formula is C20H18Cl4CrF6N2O3P-. The average molecular weight is 673 g/mol. The van der Waals surface area contributed by atoms with Crippen LogP contribution in [0.1, 0.15) is 36.8 Å². The van der Waals surface area contributed by atoms with Gasteiger partial charge in [0, 0.05) is 33.6 Å². The van der Waals surface area contributed by atoms with Crippen molar-refractivity contribution < 1.29 is 55.4 Å². The van der Waals surface area contributed by atoms with Crippen LogP contribution < -0.4 is 0 Å². The van der Waals surface area contributed by atoms with Crippen LogP contribution in [-0.2, 0) is 20.0 Å². The van der Waals surface area contributed by atoms with Crippen molar-refractivity contribution in [1.82, 2.24) is 0 Å². The Labute approximate surface area is 236 Å². The number of hydrogen-bond acceptors (Lipinski definition) is 5. The number of phenolic OH excluding ortho intramolecular Hbond substituents is 2. The van der Waals surface area contributed by atoms with E-state index in [1.54, 1.807) is 24.6 Å². The summed E-state index contributed by atoms with van der Waals surface area (Å²) in [5.41, 5.74) is 0.926. The van der Waals surface area contributed by atoms with Crippen LogP contribution in [0.5, 0.6) is 11.5 Å². The molecule has 37 heavy (non-hydrogen) atoms. The SMILES string of the molecule is F[P-](F)(F)(F)(F)F.Oc1c(Cl)cc(Cl)cc1C=N[C@@H]1CCCC[C@H]1N=Cc1cc(Cl)cc(Cl)c1O.[O]=[Cr]. The second-order valence-corrected chi connectivity index (χ2v) is 11.2. The zero-order valence-corrected chi connectivity index (χ0v) is 23.5. The average Bonchev–Trinajstić information content (AvgIpc) is 2.76. The van der Waals surface area contributed by atoms with E-state index in [0.717, 1.165) is 25.7 Å². The molecule has 2 N–H and O–H groups in total. The van der Waals surface area contributed by atoms with Crippen LogP contribution >= 0.6 is 54.2 Å². The van der Waals surface area contributed by atoms with E-state index in [1.807, 2.05) is 0 Å². The quantitative estimate of drug-likeness (QED) is 0.193. The molecule has 0 aromatic heterocycles. The molecule has 208 valence electrons. The van der Waals surface area contributed by atoms with Crippen molar-refractivity contribution in [3.05, 3.63) is 55.5 Å². The van der Waals surface area contributed by atoms with Gasteiger partial charge in [0.05, 0.1) is 22.1 Å². The third-order valence-corrected chi connectivity index (χ3v) is 5.63. The van der Waals surface area contributed by atoms with Gasteiger partial charge in [-0.05, 0) is 37.1 Å². The van der Waals surface area contributed by atoms with Crippen molar-refractivity contribution in [2.75, 3.05) is 0 Å². The van der Waals surface area contributed by atoms with Crippen LogP contribution in [0.15, 0.2) is 34.3 Å². The fraction of sp³-hybridized carbons (Fsp3) is 0.300. The van der Waals surface area contributed by atoms with Gasteiger partial charge in [0.1, 0.15) is 11.5 Å². The van der Waals surface area contributed by atoms with Crippen molar-refractivity contribution in [2.45, 2.75) is 37.8 Å². The summed E-state index contributed by atoms with van der Waals surface area (Å²) in [6.07, 6.45) is 7.00. The molecule has 0 spiro atoms. The standard InChI is InChI=1S/C20H18Cl4N2O2.Cr.F6P.O/c21-13-5-11(19(27)15(23)7-13)9-25-17-3-1-2-4-18(17)26-10-12-6-14(22)8-16(24)20(12)28;;1-7(2,3,4,5)6;/h5-10,17-18,27-28H,1-4H2;;;/q;;-1;/t17-,18-;;;/m1.../s1. The van der Waals surface area contributed by atoms with E-state index < -0.39 is 7.81 Å². The third kappa shape index (κ3) is 14.0. The van der Waals surface area contributed by atoms with Gasteiger partial charge in [0.2, 0.25) is 0 Å². The summed E-state index contributed by atoms with van der Waals surface area (Å²) < 4.78 is 67.3. The van der Waals surface area contributed by atoms with Crippen LogP contribution in [0.25, 0.3) is 0 Å². The molecule has 0 radical (unpaired) electrons. The molecule has 0 bridgehead atoms. The molecule has 2 atom stereocenters. The van der Waals surface area contributed by atoms with Crippen molar-refractivity contribution in [1.29, 1.82) is 0 Å². The third-order valence-electron chi connectivity index (χ3n) is 4.62. The second-order valence-electron chi connectivity index (χ2n) is 7.58. The van der Waals surface area contributed by atoms with Crippen LogP contribution in [0.4, 0.5) is 25.2 Å². The summed E-state index contributed by atoms with van der Waals surface area (Å²) in [7, 11) is -10.7. The summed E-state index contributed by atoms with van der Waals surface area (Å²) in [4.78, 5) is 9.23. The number of aliphatic imine (C=N–C) groups is 2. The normalized spacial score (nSPS) is 19.8. The zero-order chi connectivity index (χ0) is 28.7. The monoisotopic (exact) mass is 671 g/mol. The minimum absolute atomic E-state index is 0.0517. The van der Waals surface area contributed by atoms with Crippen molar-refractivity contribution in [3.63, 3.8) is 0 Å². The Morgan fingerprint density at radius 2 is 1.03 bits per heavy atom. The van der Waals surface area contributed by atoms with E-state index in [2.05, 4.69) is 9.98 Å². The molecule has 0 amide bonds.